The van der Waals surface area contributed by atoms with Crippen molar-refractivity contribution in [3.63, 3.8) is 0 Å². The number of carbonyl (C=O) groups excluding carboxylic acids is 1. The van der Waals surface area contributed by atoms with Crippen LogP contribution < -0.4 is 9.47 Å². The summed E-state index contributed by atoms with van der Waals surface area (Å²) < 4.78 is 16.4. The SMILES string of the molecule is COC1(CC(=O)c2cc3c(cc2Cl)OCCO3)CCC1. The second-order valence-corrected chi connectivity index (χ2v) is 5.72. The molecule has 0 saturated heterocycles. The van der Waals surface area contributed by atoms with E-state index in [9.17, 15) is 4.79 Å². The Hall–Kier alpha value is -1.26. The first kappa shape index (κ1) is 13.7. The predicted molar refractivity (Wildman–Crippen MR) is 75.0 cm³/mol. The standard InChI is InChI=1S/C15H17ClO4/c1-18-15(3-2-4-15)9-12(17)10-7-13-14(8-11(10)16)20-6-5-19-13/h7-8H,2-6,9H2,1H3. The average molecular weight is 297 g/mol. The van der Waals surface area contributed by atoms with E-state index in [1.165, 1.54) is 0 Å². The van der Waals surface area contributed by atoms with Gasteiger partial charge >= 0.3 is 0 Å². The number of ketones is 1. The van der Waals surface area contributed by atoms with Gasteiger partial charge in [-0.25, -0.2) is 0 Å². The van der Waals surface area contributed by atoms with Gasteiger partial charge in [0.2, 0.25) is 0 Å². The zero-order chi connectivity index (χ0) is 14.2. The highest BCUT2D eigenvalue weighted by Gasteiger charge is 2.39. The molecular weight excluding hydrogens is 280 g/mol. The molecule has 0 radical (unpaired) electrons. The average Bonchev–Trinajstić information content (AvgIpc) is 2.42. The third kappa shape index (κ3) is 2.38. The molecule has 0 aromatic heterocycles. The van der Waals surface area contributed by atoms with Crippen molar-refractivity contribution >= 4 is 17.4 Å². The number of Topliss-reactive ketones (excluding diaryl/α,β-unsaturated/α-hetero) is 1. The monoisotopic (exact) mass is 296 g/mol. The minimum atomic E-state index is -0.298. The zero-order valence-electron chi connectivity index (χ0n) is 11.4. The van der Waals surface area contributed by atoms with Crippen molar-refractivity contribution < 1.29 is 19.0 Å². The van der Waals surface area contributed by atoms with Gasteiger partial charge in [0.05, 0.1) is 10.6 Å². The van der Waals surface area contributed by atoms with Crippen molar-refractivity contribution in [3.05, 3.63) is 22.7 Å². The molecule has 0 N–H and O–H groups in total. The lowest BCUT2D eigenvalue weighted by atomic mass is 9.76. The Morgan fingerprint density at radius 1 is 1.30 bits per heavy atom. The van der Waals surface area contributed by atoms with Gasteiger partial charge in [0.25, 0.3) is 0 Å². The zero-order valence-corrected chi connectivity index (χ0v) is 12.2. The molecule has 1 aromatic rings. The summed E-state index contributed by atoms with van der Waals surface area (Å²) in [5.41, 5.74) is 0.187. The van der Waals surface area contributed by atoms with Gasteiger partial charge in [-0.1, -0.05) is 11.6 Å². The van der Waals surface area contributed by atoms with Gasteiger partial charge in [0.1, 0.15) is 13.2 Å². The van der Waals surface area contributed by atoms with Crippen molar-refractivity contribution in [2.45, 2.75) is 31.3 Å². The summed E-state index contributed by atoms with van der Waals surface area (Å²) in [6.07, 6.45) is 3.33. The van der Waals surface area contributed by atoms with Crippen LogP contribution in [0.1, 0.15) is 36.0 Å². The maximum Gasteiger partial charge on any atom is 0.167 e. The highest BCUT2D eigenvalue weighted by atomic mass is 35.5. The Morgan fingerprint density at radius 2 is 1.95 bits per heavy atom. The maximum absolute atomic E-state index is 12.5. The largest absolute Gasteiger partial charge is 0.486 e. The van der Waals surface area contributed by atoms with Gasteiger partial charge < -0.3 is 14.2 Å². The van der Waals surface area contributed by atoms with Crippen molar-refractivity contribution in [2.75, 3.05) is 20.3 Å². The second kappa shape index (κ2) is 5.26. The van der Waals surface area contributed by atoms with Crippen LogP contribution in [0, 0.1) is 0 Å². The van der Waals surface area contributed by atoms with Crippen molar-refractivity contribution in [1.82, 2.24) is 0 Å². The lowest BCUT2D eigenvalue weighted by molar-refractivity contribution is -0.0704. The van der Waals surface area contributed by atoms with Gasteiger partial charge in [0.15, 0.2) is 17.3 Å². The Morgan fingerprint density at radius 3 is 2.50 bits per heavy atom. The summed E-state index contributed by atoms with van der Waals surface area (Å²) in [5, 5.41) is 0.407. The fourth-order valence-electron chi connectivity index (χ4n) is 2.69. The van der Waals surface area contributed by atoms with Crippen LogP contribution in [0.2, 0.25) is 5.02 Å². The number of rotatable bonds is 4. The van der Waals surface area contributed by atoms with E-state index < -0.39 is 0 Å². The number of benzene rings is 1. The molecule has 1 saturated carbocycles. The molecule has 5 heteroatoms. The fourth-order valence-corrected chi connectivity index (χ4v) is 2.95. The minimum Gasteiger partial charge on any atom is -0.486 e. The third-order valence-electron chi connectivity index (χ3n) is 4.11. The van der Waals surface area contributed by atoms with E-state index in [1.807, 2.05) is 0 Å². The third-order valence-corrected chi connectivity index (χ3v) is 4.43. The molecule has 0 amide bonds. The van der Waals surface area contributed by atoms with E-state index in [-0.39, 0.29) is 11.4 Å². The van der Waals surface area contributed by atoms with Gasteiger partial charge in [-0.15, -0.1) is 0 Å². The van der Waals surface area contributed by atoms with E-state index >= 15 is 0 Å². The molecular formula is C15H17ClO4. The van der Waals surface area contributed by atoms with E-state index in [1.54, 1.807) is 19.2 Å². The number of hydrogen-bond acceptors (Lipinski definition) is 4. The number of fused-ring (bicyclic) bond motifs is 1. The lowest BCUT2D eigenvalue weighted by Gasteiger charge is -2.40. The number of halogens is 1. The number of ether oxygens (including phenoxy) is 3. The van der Waals surface area contributed by atoms with Crippen LogP contribution in [-0.2, 0) is 4.74 Å². The molecule has 108 valence electrons. The Labute approximate surface area is 123 Å². The summed E-state index contributed by atoms with van der Waals surface area (Å²) in [6, 6.07) is 3.34. The molecule has 0 bridgehead atoms. The maximum atomic E-state index is 12.5. The summed E-state index contributed by atoms with van der Waals surface area (Å²) in [4.78, 5) is 12.5. The number of methoxy groups -OCH3 is 1. The van der Waals surface area contributed by atoms with Crippen LogP contribution in [0.4, 0.5) is 0 Å². The molecule has 20 heavy (non-hydrogen) atoms. The Balaban J connectivity index is 1.84. The summed E-state index contributed by atoms with van der Waals surface area (Å²) >= 11 is 6.19. The van der Waals surface area contributed by atoms with E-state index in [2.05, 4.69) is 0 Å². The Bertz CT molecular complexity index is 531. The van der Waals surface area contributed by atoms with Crippen molar-refractivity contribution in [1.29, 1.82) is 0 Å². The normalized spacial score (nSPS) is 19.3. The predicted octanol–water partition coefficient (Wildman–Crippen LogP) is 3.25. The summed E-state index contributed by atoms with van der Waals surface area (Å²) in [5.74, 6) is 1.18. The highest BCUT2D eigenvalue weighted by molar-refractivity contribution is 6.34. The first-order valence-corrected chi connectivity index (χ1v) is 7.19. The molecule has 4 nitrogen and oxygen atoms in total. The first-order chi connectivity index (χ1) is 9.63. The van der Waals surface area contributed by atoms with E-state index in [0.29, 0.717) is 41.7 Å². The van der Waals surface area contributed by atoms with Crippen LogP contribution in [0.3, 0.4) is 0 Å². The fraction of sp³-hybridized carbons (Fsp3) is 0.533. The summed E-state index contributed by atoms with van der Waals surface area (Å²) in [6.45, 7) is 0.994. The molecule has 3 rings (SSSR count). The van der Waals surface area contributed by atoms with E-state index in [0.717, 1.165) is 19.3 Å². The van der Waals surface area contributed by atoms with Crippen molar-refractivity contribution in [2.24, 2.45) is 0 Å². The minimum absolute atomic E-state index is 0.00600. The topological polar surface area (TPSA) is 44.8 Å². The second-order valence-electron chi connectivity index (χ2n) is 5.32. The van der Waals surface area contributed by atoms with Crippen LogP contribution in [0.15, 0.2) is 12.1 Å². The Kier molecular flexibility index (Phi) is 3.61. The lowest BCUT2D eigenvalue weighted by Crippen LogP contribution is -2.41. The summed E-state index contributed by atoms with van der Waals surface area (Å²) in [7, 11) is 1.66. The molecule has 0 spiro atoms. The molecule has 0 atom stereocenters. The van der Waals surface area contributed by atoms with Gasteiger partial charge in [-0.05, 0) is 25.3 Å². The van der Waals surface area contributed by atoms with Crippen LogP contribution in [0.5, 0.6) is 11.5 Å². The van der Waals surface area contributed by atoms with Crippen LogP contribution in [-0.4, -0.2) is 31.7 Å². The van der Waals surface area contributed by atoms with E-state index in [4.69, 9.17) is 25.8 Å². The van der Waals surface area contributed by atoms with Gasteiger partial charge in [-0.3, -0.25) is 4.79 Å². The first-order valence-electron chi connectivity index (χ1n) is 6.81. The molecule has 1 aliphatic carbocycles. The highest BCUT2D eigenvalue weighted by Crippen LogP contribution is 2.41. The van der Waals surface area contributed by atoms with Crippen molar-refractivity contribution in [3.8, 4) is 11.5 Å². The molecule has 1 aromatic carbocycles. The van der Waals surface area contributed by atoms with Crippen LogP contribution in [0.25, 0.3) is 0 Å². The van der Waals surface area contributed by atoms with Crippen LogP contribution >= 0.6 is 11.6 Å². The molecule has 2 aliphatic rings. The molecule has 0 unspecified atom stereocenters. The smallest absolute Gasteiger partial charge is 0.167 e. The van der Waals surface area contributed by atoms with Gasteiger partial charge in [0, 0.05) is 25.2 Å². The molecule has 1 heterocycles. The molecule has 1 fully saturated rings. The number of carbonyl (C=O) groups is 1. The number of hydrogen-bond donors (Lipinski definition) is 0. The molecule has 1 aliphatic heterocycles. The quantitative estimate of drug-likeness (QED) is 0.800. The van der Waals surface area contributed by atoms with Gasteiger partial charge in [-0.2, -0.15) is 0 Å².